The Morgan fingerprint density at radius 2 is 1.97 bits per heavy atom. The van der Waals surface area contributed by atoms with Gasteiger partial charge in [0.05, 0.1) is 32.1 Å². The molecule has 8 nitrogen and oxygen atoms in total. The van der Waals surface area contributed by atoms with Crippen LogP contribution in [0.3, 0.4) is 0 Å². The maximum absolute atomic E-state index is 12.2. The lowest BCUT2D eigenvalue weighted by atomic mass is 10.2. The van der Waals surface area contributed by atoms with E-state index in [0.717, 1.165) is 0 Å². The van der Waals surface area contributed by atoms with Crippen molar-refractivity contribution >= 4 is 34.0 Å². The molecule has 0 radical (unpaired) electrons. The van der Waals surface area contributed by atoms with Crippen molar-refractivity contribution in [3.63, 3.8) is 0 Å². The van der Waals surface area contributed by atoms with Crippen molar-refractivity contribution < 1.29 is 23.8 Å². The number of carbonyl (C=O) groups is 2. The smallest absolute Gasteiger partial charge is 0.272 e. The van der Waals surface area contributed by atoms with Crippen LogP contribution in [0, 0.1) is 0 Å². The summed E-state index contributed by atoms with van der Waals surface area (Å²) in [5.74, 6) is 0.493. The number of ether oxygens (including phenoxy) is 3. The van der Waals surface area contributed by atoms with Crippen molar-refractivity contribution in [3.8, 4) is 11.5 Å². The van der Waals surface area contributed by atoms with Crippen LogP contribution in [0.2, 0.25) is 0 Å². The van der Waals surface area contributed by atoms with Crippen LogP contribution in [-0.4, -0.2) is 62.9 Å². The highest BCUT2D eigenvalue weighted by Crippen LogP contribution is 2.27. The van der Waals surface area contributed by atoms with E-state index < -0.39 is 0 Å². The Bertz CT molecular complexity index is 929. The summed E-state index contributed by atoms with van der Waals surface area (Å²) in [6.45, 7) is 2.15. The molecule has 2 aromatic rings. The topological polar surface area (TPSA) is 89.5 Å². The number of halogens is 1. The van der Waals surface area contributed by atoms with Gasteiger partial charge in [0.25, 0.3) is 11.8 Å². The van der Waals surface area contributed by atoms with E-state index in [1.807, 2.05) is 6.07 Å². The maximum Gasteiger partial charge on any atom is 0.272 e. The third-order valence-corrected chi connectivity index (χ3v) is 5.09. The molecule has 2 aromatic carbocycles. The Balaban J connectivity index is 1.58. The zero-order valence-electron chi connectivity index (χ0n) is 16.5. The molecule has 9 heteroatoms. The highest BCUT2D eigenvalue weighted by molar-refractivity contribution is 9.10. The summed E-state index contributed by atoms with van der Waals surface area (Å²) in [6.07, 6.45) is 1.50. The highest BCUT2D eigenvalue weighted by atomic mass is 79.9. The number of amides is 2. The number of hydrogen-bond acceptors (Lipinski definition) is 6. The molecule has 0 bridgehead atoms. The van der Waals surface area contributed by atoms with Gasteiger partial charge in [0.15, 0.2) is 18.1 Å². The first-order valence-electron chi connectivity index (χ1n) is 9.33. The summed E-state index contributed by atoms with van der Waals surface area (Å²) in [5, 5.41) is 3.99. The molecule has 0 aromatic heterocycles. The first-order valence-corrected chi connectivity index (χ1v) is 10.1. The third kappa shape index (κ3) is 5.80. The van der Waals surface area contributed by atoms with Gasteiger partial charge in [0.2, 0.25) is 0 Å². The first-order chi connectivity index (χ1) is 14.6. The van der Waals surface area contributed by atoms with E-state index >= 15 is 0 Å². The fraction of sp³-hybridized carbons (Fsp3) is 0.286. The van der Waals surface area contributed by atoms with Gasteiger partial charge in [0.1, 0.15) is 0 Å². The number of rotatable bonds is 7. The van der Waals surface area contributed by atoms with Gasteiger partial charge < -0.3 is 19.1 Å². The molecule has 2 amide bonds. The van der Waals surface area contributed by atoms with Crippen LogP contribution in [0.5, 0.6) is 11.5 Å². The van der Waals surface area contributed by atoms with Gasteiger partial charge in [0, 0.05) is 17.6 Å². The Morgan fingerprint density at radius 1 is 1.20 bits per heavy atom. The second kappa shape index (κ2) is 10.7. The van der Waals surface area contributed by atoms with Crippen molar-refractivity contribution in [1.29, 1.82) is 0 Å². The van der Waals surface area contributed by atoms with E-state index in [1.165, 1.54) is 13.3 Å². The number of hydrazone groups is 1. The number of methoxy groups -OCH3 is 1. The standard InChI is InChI=1S/C21H22BrN3O5/c1-28-19-12-15(13-23-24-21(27)16-4-2-3-5-17(16)22)6-7-18(19)30-14-20(26)25-8-10-29-11-9-25/h2-7,12-13H,8-11,14H2,1H3,(H,24,27)/b23-13-. The number of hydrogen-bond donors (Lipinski definition) is 1. The molecule has 158 valence electrons. The Labute approximate surface area is 182 Å². The van der Waals surface area contributed by atoms with E-state index in [1.54, 1.807) is 41.3 Å². The highest BCUT2D eigenvalue weighted by Gasteiger charge is 2.18. The van der Waals surface area contributed by atoms with Gasteiger partial charge in [-0.3, -0.25) is 9.59 Å². The molecule has 0 aliphatic carbocycles. The van der Waals surface area contributed by atoms with Gasteiger partial charge in [-0.2, -0.15) is 5.10 Å². The van der Waals surface area contributed by atoms with Gasteiger partial charge >= 0.3 is 0 Å². The van der Waals surface area contributed by atoms with E-state index in [-0.39, 0.29) is 18.4 Å². The number of nitrogens with one attached hydrogen (secondary N) is 1. The molecular weight excluding hydrogens is 454 g/mol. The normalized spacial score (nSPS) is 13.9. The SMILES string of the molecule is COc1cc(/C=N\NC(=O)c2ccccc2Br)ccc1OCC(=O)N1CCOCC1. The van der Waals surface area contributed by atoms with E-state index in [2.05, 4.69) is 26.5 Å². The molecule has 0 atom stereocenters. The molecule has 1 saturated heterocycles. The van der Waals surface area contributed by atoms with Crippen LogP contribution in [0.25, 0.3) is 0 Å². The fourth-order valence-electron chi connectivity index (χ4n) is 2.80. The molecule has 1 aliphatic rings. The summed E-state index contributed by atoms with van der Waals surface area (Å²) < 4.78 is 16.9. The van der Waals surface area contributed by atoms with E-state index in [0.29, 0.717) is 53.4 Å². The Kier molecular flexibility index (Phi) is 7.81. The fourth-order valence-corrected chi connectivity index (χ4v) is 3.26. The van der Waals surface area contributed by atoms with Crippen molar-refractivity contribution in [2.24, 2.45) is 5.10 Å². The molecule has 1 heterocycles. The van der Waals surface area contributed by atoms with Crippen LogP contribution in [0.4, 0.5) is 0 Å². The number of morpholine rings is 1. The second-order valence-electron chi connectivity index (χ2n) is 6.37. The zero-order chi connectivity index (χ0) is 21.3. The van der Waals surface area contributed by atoms with E-state index in [4.69, 9.17) is 14.2 Å². The van der Waals surface area contributed by atoms with Crippen LogP contribution >= 0.6 is 15.9 Å². The molecule has 30 heavy (non-hydrogen) atoms. The quantitative estimate of drug-likeness (QED) is 0.490. The number of carbonyl (C=O) groups excluding carboxylic acids is 2. The molecule has 0 spiro atoms. The third-order valence-electron chi connectivity index (χ3n) is 4.40. The lowest BCUT2D eigenvalue weighted by molar-refractivity contribution is -0.137. The summed E-state index contributed by atoms with van der Waals surface area (Å²) in [7, 11) is 1.52. The van der Waals surface area contributed by atoms with Crippen molar-refractivity contribution in [2.45, 2.75) is 0 Å². The van der Waals surface area contributed by atoms with Crippen LogP contribution in [0.1, 0.15) is 15.9 Å². The zero-order valence-corrected chi connectivity index (χ0v) is 18.1. The minimum absolute atomic E-state index is 0.0776. The summed E-state index contributed by atoms with van der Waals surface area (Å²) in [6, 6.07) is 12.2. The van der Waals surface area contributed by atoms with Crippen molar-refractivity contribution in [3.05, 3.63) is 58.1 Å². The number of nitrogens with zero attached hydrogens (tertiary/aromatic N) is 2. The van der Waals surface area contributed by atoms with Crippen LogP contribution < -0.4 is 14.9 Å². The predicted octanol–water partition coefficient (Wildman–Crippen LogP) is 2.46. The van der Waals surface area contributed by atoms with Crippen molar-refractivity contribution in [1.82, 2.24) is 10.3 Å². The summed E-state index contributed by atoms with van der Waals surface area (Å²) in [4.78, 5) is 26.1. The molecule has 1 fully saturated rings. The predicted molar refractivity (Wildman–Crippen MR) is 115 cm³/mol. The van der Waals surface area contributed by atoms with Gasteiger partial charge in [-0.25, -0.2) is 5.43 Å². The molecule has 1 aliphatic heterocycles. The monoisotopic (exact) mass is 475 g/mol. The molecule has 0 unspecified atom stereocenters. The van der Waals surface area contributed by atoms with Gasteiger partial charge in [-0.15, -0.1) is 0 Å². The molecule has 1 N–H and O–H groups in total. The van der Waals surface area contributed by atoms with Crippen LogP contribution in [0.15, 0.2) is 52.0 Å². The van der Waals surface area contributed by atoms with Gasteiger partial charge in [-0.05, 0) is 51.8 Å². The maximum atomic E-state index is 12.2. The number of benzene rings is 2. The summed E-state index contributed by atoms with van der Waals surface area (Å²) >= 11 is 3.33. The Hall–Kier alpha value is -2.91. The molecular formula is C21H22BrN3O5. The van der Waals surface area contributed by atoms with E-state index in [9.17, 15) is 9.59 Å². The molecule has 3 rings (SSSR count). The second-order valence-corrected chi connectivity index (χ2v) is 7.23. The average molecular weight is 476 g/mol. The minimum atomic E-state index is -0.327. The Morgan fingerprint density at radius 3 is 2.70 bits per heavy atom. The molecule has 0 saturated carbocycles. The van der Waals surface area contributed by atoms with Crippen molar-refractivity contribution in [2.75, 3.05) is 40.0 Å². The largest absolute Gasteiger partial charge is 0.493 e. The average Bonchev–Trinajstić information content (AvgIpc) is 2.78. The summed E-state index contributed by atoms with van der Waals surface area (Å²) in [5.41, 5.74) is 3.67. The lowest BCUT2D eigenvalue weighted by Gasteiger charge is -2.26. The van der Waals surface area contributed by atoms with Crippen LogP contribution in [-0.2, 0) is 9.53 Å². The lowest BCUT2D eigenvalue weighted by Crippen LogP contribution is -2.43. The minimum Gasteiger partial charge on any atom is -0.493 e. The van der Waals surface area contributed by atoms with Gasteiger partial charge in [-0.1, -0.05) is 12.1 Å². The first kappa shape index (κ1) is 21.8.